The maximum Gasteiger partial charge on any atom is 0.254 e. The first-order valence-electron chi connectivity index (χ1n) is 5.79. The van der Waals surface area contributed by atoms with Gasteiger partial charge in [0.1, 0.15) is 17.8 Å². The number of nitrogens with one attached hydrogen (secondary N) is 1. The molecule has 4 heteroatoms. The normalized spacial score (nSPS) is 9.74. The first-order chi connectivity index (χ1) is 9.24. The van der Waals surface area contributed by atoms with Crippen LogP contribution >= 0.6 is 0 Å². The zero-order valence-electron chi connectivity index (χ0n) is 10.4. The fourth-order valence-electron chi connectivity index (χ4n) is 1.66. The summed E-state index contributed by atoms with van der Waals surface area (Å²) in [5, 5.41) is 2.55. The minimum absolute atomic E-state index is 0.220. The Morgan fingerprint density at radius 3 is 2.68 bits per heavy atom. The van der Waals surface area contributed by atoms with Crippen LogP contribution in [-0.2, 0) is 0 Å². The number of ether oxygens (including phenoxy) is 1. The van der Waals surface area contributed by atoms with Gasteiger partial charge >= 0.3 is 0 Å². The summed E-state index contributed by atoms with van der Waals surface area (Å²) in [6.45, 7) is 0. The van der Waals surface area contributed by atoms with E-state index in [-0.39, 0.29) is 5.91 Å². The molecule has 0 heterocycles. The van der Waals surface area contributed by atoms with E-state index in [0.717, 1.165) is 6.29 Å². The molecule has 0 aromatic heterocycles. The zero-order chi connectivity index (χ0) is 13.7. The highest BCUT2D eigenvalue weighted by atomic mass is 16.5. The van der Waals surface area contributed by atoms with Crippen LogP contribution in [-0.4, -0.2) is 19.2 Å². The largest absolute Gasteiger partial charge is 0.457 e. The molecule has 0 saturated heterocycles. The van der Waals surface area contributed by atoms with Crippen LogP contribution in [0.3, 0.4) is 0 Å². The summed E-state index contributed by atoms with van der Waals surface area (Å²) in [6, 6.07) is 13.7. The Labute approximate surface area is 111 Å². The highest BCUT2D eigenvalue weighted by Gasteiger charge is 2.10. The highest BCUT2D eigenvalue weighted by Crippen LogP contribution is 2.25. The van der Waals surface area contributed by atoms with E-state index in [2.05, 4.69) is 5.32 Å². The standard InChI is InChI=1S/C15H13NO3/c1-16-15(18)13-7-2-3-8-14(13)19-12-6-4-5-11(9-12)10-17/h2-10H,1H3,(H,16,18). The Bertz CT molecular complexity index is 608. The topological polar surface area (TPSA) is 55.4 Å². The van der Waals surface area contributed by atoms with Gasteiger partial charge in [-0.2, -0.15) is 0 Å². The third-order valence-corrected chi connectivity index (χ3v) is 2.58. The second-order valence-corrected chi connectivity index (χ2v) is 3.87. The van der Waals surface area contributed by atoms with E-state index in [1.807, 2.05) is 0 Å². The molecule has 1 N–H and O–H groups in total. The number of hydrogen-bond acceptors (Lipinski definition) is 3. The molecule has 0 spiro atoms. The third kappa shape index (κ3) is 2.98. The quantitative estimate of drug-likeness (QED) is 0.854. The van der Waals surface area contributed by atoms with Gasteiger partial charge in [0.25, 0.3) is 5.91 Å². The molecule has 0 aliphatic heterocycles. The molecule has 19 heavy (non-hydrogen) atoms. The predicted molar refractivity (Wildman–Crippen MR) is 71.7 cm³/mol. The van der Waals surface area contributed by atoms with Crippen molar-refractivity contribution < 1.29 is 14.3 Å². The first kappa shape index (κ1) is 12.8. The Morgan fingerprint density at radius 1 is 1.16 bits per heavy atom. The van der Waals surface area contributed by atoms with Crippen LogP contribution in [0.4, 0.5) is 0 Å². The van der Waals surface area contributed by atoms with Gasteiger partial charge in [-0.05, 0) is 24.3 Å². The number of benzene rings is 2. The van der Waals surface area contributed by atoms with E-state index in [1.54, 1.807) is 55.6 Å². The first-order valence-corrected chi connectivity index (χ1v) is 5.79. The Balaban J connectivity index is 2.32. The van der Waals surface area contributed by atoms with E-state index in [9.17, 15) is 9.59 Å². The lowest BCUT2D eigenvalue weighted by Gasteiger charge is -2.10. The number of hydrogen-bond donors (Lipinski definition) is 1. The molecule has 0 aliphatic rings. The molecule has 2 aromatic rings. The molecular formula is C15H13NO3. The molecule has 0 saturated carbocycles. The summed E-state index contributed by atoms with van der Waals surface area (Å²) in [4.78, 5) is 22.4. The van der Waals surface area contributed by atoms with Crippen molar-refractivity contribution in [3.8, 4) is 11.5 Å². The summed E-state index contributed by atoms with van der Waals surface area (Å²) in [5.74, 6) is 0.744. The molecule has 0 aliphatic carbocycles. The molecular weight excluding hydrogens is 242 g/mol. The van der Waals surface area contributed by atoms with E-state index in [4.69, 9.17) is 4.74 Å². The van der Waals surface area contributed by atoms with Crippen LogP contribution in [0.5, 0.6) is 11.5 Å². The molecule has 0 radical (unpaired) electrons. The molecule has 1 amide bonds. The van der Waals surface area contributed by atoms with E-state index < -0.39 is 0 Å². The number of para-hydroxylation sites is 1. The van der Waals surface area contributed by atoms with Crippen LogP contribution in [0.15, 0.2) is 48.5 Å². The van der Waals surface area contributed by atoms with Crippen molar-refractivity contribution in [2.24, 2.45) is 0 Å². The van der Waals surface area contributed by atoms with Crippen LogP contribution in [0, 0.1) is 0 Å². The SMILES string of the molecule is CNC(=O)c1ccccc1Oc1cccc(C=O)c1. The molecule has 0 bridgehead atoms. The minimum Gasteiger partial charge on any atom is -0.457 e. The number of rotatable bonds is 4. The lowest BCUT2D eigenvalue weighted by Crippen LogP contribution is -2.18. The van der Waals surface area contributed by atoms with Gasteiger partial charge in [0, 0.05) is 12.6 Å². The van der Waals surface area contributed by atoms with E-state index >= 15 is 0 Å². The summed E-state index contributed by atoms with van der Waals surface area (Å²) in [6.07, 6.45) is 0.748. The molecule has 0 atom stereocenters. The fourth-order valence-corrected chi connectivity index (χ4v) is 1.66. The van der Waals surface area contributed by atoms with Gasteiger partial charge in [0.05, 0.1) is 5.56 Å². The molecule has 0 unspecified atom stereocenters. The van der Waals surface area contributed by atoms with Crippen LogP contribution < -0.4 is 10.1 Å². The van der Waals surface area contributed by atoms with Crippen LogP contribution in [0.25, 0.3) is 0 Å². The Morgan fingerprint density at radius 2 is 1.95 bits per heavy atom. The second-order valence-electron chi connectivity index (χ2n) is 3.87. The number of carbonyl (C=O) groups is 2. The molecule has 2 aromatic carbocycles. The number of carbonyl (C=O) groups excluding carboxylic acids is 2. The molecule has 96 valence electrons. The highest BCUT2D eigenvalue weighted by molar-refractivity contribution is 5.96. The van der Waals surface area contributed by atoms with Crippen molar-refractivity contribution in [3.63, 3.8) is 0 Å². The monoisotopic (exact) mass is 255 g/mol. The summed E-state index contributed by atoms with van der Waals surface area (Å²) in [5.41, 5.74) is 0.969. The van der Waals surface area contributed by atoms with Crippen molar-refractivity contribution in [1.82, 2.24) is 5.32 Å². The average Bonchev–Trinajstić information content (AvgIpc) is 2.47. The van der Waals surface area contributed by atoms with Gasteiger partial charge in [-0.3, -0.25) is 9.59 Å². The minimum atomic E-state index is -0.220. The van der Waals surface area contributed by atoms with Gasteiger partial charge in [0.15, 0.2) is 0 Å². The second kappa shape index (κ2) is 5.82. The summed E-state index contributed by atoms with van der Waals surface area (Å²) in [7, 11) is 1.56. The van der Waals surface area contributed by atoms with Crippen molar-refractivity contribution in [2.75, 3.05) is 7.05 Å². The number of amides is 1. The van der Waals surface area contributed by atoms with Crippen LogP contribution in [0.2, 0.25) is 0 Å². The van der Waals surface area contributed by atoms with E-state index in [0.29, 0.717) is 22.6 Å². The van der Waals surface area contributed by atoms with Crippen molar-refractivity contribution in [3.05, 3.63) is 59.7 Å². The molecule has 4 nitrogen and oxygen atoms in total. The predicted octanol–water partition coefficient (Wildman–Crippen LogP) is 2.65. The Hall–Kier alpha value is -2.62. The fraction of sp³-hybridized carbons (Fsp3) is 0.0667. The number of aldehydes is 1. The summed E-state index contributed by atoms with van der Waals surface area (Å²) < 4.78 is 5.66. The molecule has 0 fully saturated rings. The Kier molecular flexibility index (Phi) is 3.93. The van der Waals surface area contributed by atoms with Gasteiger partial charge in [-0.15, -0.1) is 0 Å². The van der Waals surface area contributed by atoms with Gasteiger partial charge in [0.2, 0.25) is 0 Å². The lowest BCUT2D eigenvalue weighted by molar-refractivity contribution is 0.0960. The molecule has 2 rings (SSSR count). The maximum atomic E-state index is 11.7. The lowest BCUT2D eigenvalue weighted by atomic mass is 10.2. The van der Waals surface area contributed by atoms with Crippen molar-refractivity contribution in [2.45, 2.75) is 0 Å². The van der Waals surface area contributed by atoms with Gasteiger partial charge in [-0.25, -0.2) is 0 Å². The zero-order valence-corrected chi connectivity index (χ0v) is 10.4. The van der Waals surface area contributed by atoms with E-state index in [1.165, 1.54) is 0 Å². The van der Waals surface area contributed by atoms with Crippen molar-refractivity contribution >= 4 is 12.2 Å². The van der Waals surface area contributed by atoms with Crippen molar-refractivity contribution in [1.29, 1.82) is 0 Å². The van der Waals surface area contributed by atoms with Gasteiger partial charge in [-0.1, -0.05) is 24.3 Å². The smallest absolute Gasteiger partial charge is 0.254 e. The average molecular weight is 255 g/mol. The third-order valence-electron chi connectivity index (χ3n) is 2.58. The summed E-state index contributed by atoms with van der Waals surface area (Å²) >= 11 is 0. The van der Waals surface area contributed by atoms with Gasteiger partial charge < -0.3 is 10.1 Å². The maximum absolute atomic E-state index is 11.7. The van der Waals surface area contributed by atoms with Crippen LogP contribution in [0.1, 0.15) is 20.7 Å².